The molecule has 2 rings (SSSR count). The van der Waals surface area contributed by atoms with Gasteiger partial charge in [-0.3, -0.25) is 14.9 Å². The highest BCUT2D eigenvalue weighted by Gasteiger charge is 2.24. The Kier molecular flexibility index (Phi) is 8.60. The summed E-state index contributed by atoms with van der Waals surface area (Å²) in [6, 6.07) is 3.76. The highest BCUT2D eigenvalue weighted by atomic mass is 32.2. The second kappa shape index (κ2) is 10.9. The molecule has 1 aromatic carbocycles. The highest BCUT2D eigenvalue weighted by molar-refractivity contribution is 7.89. The molecule has 1 aliphatic carbocycles. The van der Waals surface area contributed by atoms with Crippen LogP contribution in [0, 0.1) is 0 Å². The average molecular weight is 442 g/mol. The summed E-state index contributed by atoms with van der Waals surface area (Å²) in [5, 5.41) is 4.80. The summed E-state index contributed by atoms with van der Waals surface area (Å²) < 4.78 is 36.6. The Labute approximate surface area is 175 Å². The number of ether oxygens (including phenoxy) is 2. The minimum atomic E-state index is -3.97. The Morgan fingerprint density at radius 3 is 2.33 bits per heavy atom. The smallest absolute Gasteiger partial charge is 0.324 e. The molecule has 3 amide bonds. The van der Waals surface area contributed by atoms with Gasteiger partial charge in [0.15, 0.2) is 6.61 Å². The summed E-state index contributed by atoms with van der Waals surface area (Å²) in [5.74, 6) is -1.27. The maximum atomic E-state index is 12.3. The first-order chi connectivity index (χ1) is 14.2. The first kappa shape index (κ1) is 23.6. The van der Waals surface area contributed by atoms with Crippen LogP contribution < -0.4 is 20.1 Å². The molecule has 30 heavy (non-hydrogen) atoms. The number of amides is 3. The first-order valence-corrected chi connectivity index (χ1v) is 11.1. The van der Waals surface area contributed by atoms with Crippen molar-refractivity contribution in [1.29, 1.82) is 0 Å². The zero-order valence-corrected chi connectivity index (χ0v) is 17.8. The van der Waals surface area contributed by atoms with Gasteiger partial charge in [-0.1, -0.05) is 19.3 Å². The summed E-state index contributed by atoms with van der Waals surface area (Å²) >= 11 is 0. The molecule has 1 aliphatic rings. The van der Waals surface area contributed by atoms with Crippen molar-refractivity contribution in [3.8, 4) is 5.75 Å². The lowest BCUT2D eigenvalue weighted by Gasteiger charge is -2.22. The number of carbonyl (C=O) groups is 3. The molecule has 10 nitrogen and oxygen atoms in total. The third-order valence-corrected chi connectivity index (χ3v) is 6.15. The van der Waals surface area contributed by atoms with Crippen molar-refractivity contribution in [2.75, 3.05) is 13.7 Å². The molecule has 11 heteroatoms. The van der Waals surface area contributed by atoms with Gasteiger partial charge in [0, 0.05) is 6.04 Å². The molecule has 0 spiro atoms. The van der Waals surface area contributed by atoms with Gasteiger partial charge in [0.25, 0.3) is 5.91 Å². The molecule has 1 aromatic rings. The number of hydrogen-bond acceptors (Lipinski definition) is 7. The van der Waals surface area contributed by atoms with Crippen LogP contribution in [0.1, 0.15) is 39.0 Å². The number of imide groups is 1. The van der Waals surface area contributed by atoms with Crippen molar-refractivity contribution in [3.63, 3.8) is 0 Å². The first-order valence-electron chi connectivity index (χ1n) is 9.64. The van der Waals surface area contributed by atoms with Gasteiger partial charge in [0.1, 0.15) is 11.8 Å². The standard InChI is InChI=1S/C19H27N3O7S/c1-13(22-30(26,27)16-10-8-15(28-2)9-11-16)18(24)29-12-17(23)21-19(25)20-14-6-4-3-5-7-14/h8-11,13-14,22H,3-7,12H2,1-2H3,(H2,20,21,23,25). The van der Waals surface area contributed by atoms with E-state index in [1.165, 1.54) is 38.3 Å². The minimum Gasteiger partial charge on any atom is -0.497 e. The normalized spacial score (nSPS) is 15.7. The third kappa shape index (κ3) is 7.30. The molecule has 0 bridgehead atoms. The van der Waals surface area contributed by atoms with E-state index in [9.17, 15) is 22.8 Å². The maximum Gasteiger partial charge on any atom is 0.324 e. The summed E-state index contributed by atoms with van der Waals surface area (Å²) in [4.78, 5) is 35.6. The molecule has 166 valence electrons. The van der Waals surface area contributed by atoms with Crippen LogP contribution in [0.25, 0.3) is 0 Å². The van der Waals surface area contributed by atoms with Crippen molar-refractivity contribution >= 4 is 27.9 Å². The Morgan fingerprint density at radius 1 is 1.10 bits per heavy atom. The second-order valence-electron chi connectivity index (χ2n) is 6.98. The molecular weight excluding hydrogens is 414 g/mol. The van der Waals surface area contributed by atoms with E-state index in [1.807, 2.05) is 0 Å². The predicted molar refractivity (Wildman–Crippen MR) is 107 cm³/mol. The number of nitrogens with one attached hydrogen (secondary N) is 3. The predicted octanol–water partition coefficient (Wildman–Crippen LogP) is 1.06. The van der Waals surface area contributed by atoms with Crippen molar-refractivity contribution in [2.24, 2.45) is 0 Å². The lowest BCUT2D eigenvalue weighted by Crippen LogP contribution is -2.47. The Hall–Kier alpha value is -2.66. The number of rotatable bonds is 8. The Morgan fingerprint density at radius 2 is 1.73 bits per heavy atom. The monoisotopic (exact) mass is 441 g/mol. The van der Waals surface area contributed by atoms with E-state index in [4.69, 9.17) is 9.47 Å². The summed E-state index contributed by atoms with van der Waals surface area (Å²) in [6.07, 6.45) is 4.92. The number of benzene rings is 1. The lowest BCUT2D eigenvalue weighted by molar-refractivity contribution is -0.149. The fraction of sp³-hybridized carbons (Fsp3) is 0.526. The molecule has 0 aliphatic heterocycles. The molecule has 1 atom stereocenters. The van der Waals surface area contributed by atoms with Crippen LogP contribution in [0.4, 0.5) is 4.79 Å². The van der Waals surface area contributed by atoms with E-state index in [2.05, 4.69) is 15.4 Å². The summed E-state index contributed by atoms with van der Waals surface area (Å²) in [5.41, 5.74) is 0. The molecule has 1 fully saturated rings. The average Bonchev–Trinajstić information content (AvgIpc) is 2.72. The van der Waals surface area contributed by atoms with Crippen LogP contribution in [0.3, 0.4) is 0 Å². The van der Waals surface area contributed by atoms with Gasteiger partial charge < -0.3 is 14.8 Å². The van der Waals surface area contributed by atoms with Gasteiger partial charge in [0.2, 0.25) is 10.0 Å². The minimum absolute atomic E-state index is 0.0292. The van der Waals surface area contributed by atoms with E-state index in [1.54, 1.807) is 0 Å². The largest absolute Gasteiger partial charge is 0.497 e. The van der Waals surface area contributed by atoms with Crippen molar-refractivity contribution in [1.82, 2.24) is 15.4 Å². The van der Waals surface area contributed by atoms with Crippen LogP contribution in [-0.4, -0.2) is 52.1 Å². The van der Waals surface area contributed by atoms with Gasteiger partial charge in [-0.15, -0.1) is 0 Å². The number of urea groups is 1. The van der Waals surface area contributed by atoms with Crippen LogP contribution in [0.15, 0.2) is 29.2 Å². The zero-order chi connectivity index (χ0) is 22.1. The molecular formula is C19H27N3O7S. The van der Waals surface area contributed by atoms with Gasteiger partial charge in [-0.25, -0.2) is 13.2 Å². The van der Waals surface area contributed by atoms with Crippen LogP contribution in [0.2, 0.25) is 0 Å². The van der Waals surface area contributed by atoms with Crippen molar-refractivity contribution < 1.29 is 32.3 Å². The second-order valence-corrected chi connectivity index (χ2v) is 8.70. The molecule has 0 heterocycles. The molecule has 1 saturated carbocycles. The van der Waals surface area contributed by atoms with Gasteiger partial charge in [-0.2, -0.15) is 4.72 Å². The lowest BCUT2D eigenvalue weighted by atomic mass is 9.96. The van der Waals surface area contributed by atoms with Crippen LogP contribution in [-0.2, 0) is 24.3 Å². The molecule has 0 aromatic heterocycles. The zero-order valence-electron chi connectivity index (χ0n) is 17.0. The molecule has 3 N–H and O–H groups in total. The molecule has 0 saturated heterocycles. The Balaban J connectivity index is 1.77. The molecule has 0 radical (unpaired) electrons. The van der Waals surface area contributed by atoms with Crippen LogP contribution in [0.5, 0.6) is 5.75 Å². The number of carbonyl (C=O) groups excluding carboxylic acids is 3. The van der Waals surface area contributed by atoms with E-state index < -0.39 is 40.6 Å². The highest BCUT2D eigenvalue weighted by Crippen LogP contribution is 2.17. The van der Waals surface area contributed by atoms with Crippen molar-refractivity contribution in [3.05, 3.63) is 24.3 Å². The van der Waals surface area contributed by atoms with Crippen molar-refractivity contribution in [2.45, 2.75) is 56.0 Å². The summed E-state index contributed by atoms with van der Waals surface area (Å²) in [6.45, 7) is 0.586. The van der Waals surface area contributed by atoms with Crippen LogP contribution >= 0.6 is 0 Å². The molecule has 1 unspecified atom stereocenters. The Bertz CT molecular complexity index is 849. The van der Waals surface area contributed by atoms with E-state index in [0.29, 0.717) is 5.75 Å². The van der Waals surface area contributed by atoms with Gasteiger partial charge in [-0.05, 0) is 44.0 Å². The van der Waals surface area contributed by atoms with E-state index in [0.717, 1.165) is 32.1 Å². The SMILES string of the molecule is COc1ccc(S(=O)(=O)NC(C)C(=O)OCC(=O)NC(=O)NC2CCCCC2)cc1. The fourth-order valence-electron chi connectivity index (χ4n) is 3.00. The summed E-state index contributed by atoms with van der Waals surface area (Å²) in [7, 11) is -2.52. The van der Waals surface area contributed by atoms with E-state index >= 15 is 0 Å². The number of sulfonamides is 1. The number of esters is 1. The van der Waals surface area contributed by atoms with Gasteiger partial charge in [0.05, 0.1) is 12.0 Å². The van der Waals surface area contributed by atoms with E-state index in [-0.39, 0.29) is 10.9 Å². The quantitative estimate of drug-likeness (QED) is 0.513. The van der Waals surface area contributed by atoms with Gasteiger partial charge >= 0.3 is 12.0 Å². The fourth-order valence-corrected chi connectivity index (χ4v) is 4.19. The maximum absolute atomic E-state index is 12.3. The topological polar surface area (TPSA) is 140 Å². The third-order valence-electron chi connectivity index (χ3n) is 4.59. The number of hydrogen-bond donors (Lipinski definition) is 3. The number of methoxy groups -OCH3 is 1.